The number of benzene rings is 1. The van der Waals surface area contributed by atoms with Gasteiger partial charge in [0.15, 0.2) is 0 Å². The Balaban J connectivity index is 0.000000963. The Morgan fingerprint density at radius 1 is 1.00 bits per heavy atom. The third-order valence-electron chi connectivity index (χ3n) is 3.16. The molecular weight excluding hydrogens is 230 g/mol. The first-order valence-electron chi connectivity index (χ1n) is 5.33. The molecular formula is C11H14BKO3. The third kappa shape index (κ3) is 2.20. The molecule has 0 amide bonds. The van der Waals surface area contributed by atoms with Crippen LogP contribution in [0.25, 0.3) is 0 Å². The van der Waals surface area contributed by atoms with Crippen LogP contribution < -0.4 is 56.8 Å². The fourth-order valence-electron chi connectivity index (χ4n) is 2.18. The van der Waals surface area contributed by atoms with Crippen LogP contribution in [0.5, 0.6) is 0 Å². The van der Waals surface area contributed by atoms with Gasteiger partial charge in [-0.2, -0.15) is 0 Å². The molecule has 0 aliphatic carbocycles. The first-order valence-corrected chi connectivity index (χ1v) is 5.33. The zero-order valence-electron chi connectivity index (χ0n) is 9.81. The summed E-state index contributed by atoms with van der Waals surface area (Å²) >= 11 is 0. The van der Waals surface area contributed by atoms with Crippen LogP contribution in [0, 0.1) is 5.41 Å². The molecule has 3 fully saturated rings. The van der Waals surface area contributed by atoms with Crippen LogP contribution in [0.2, 0.25) is 0 Å². The van der Waals surface area contributed by atoms with Crippen LogP contribution in [0.3, 0.4) is 0 Å². The molecule has 4 rings (SSSR count). The molecule has 5 heteroatoms. The second-order valence-electron chi connectivity index (χ2n) is 4.80. The van der Waals surface area contributed by atoms with Crippen LogP contribution in [0.15, 0.2) is 30.3 Å². The quantitative estimate of drug-likeness (QED) is 0.531. The maximum absolute atomic E-state index is 5.77. The molecule has 0 radical (unpaired) electrons. The third-order valence-corrected chi connectivity index (χ3v) is 3.16. The van der Waals surface area contributed by atoms with Gasteiger partial charge in [0.2, 0.25) is 0 Å². The van der Waals surface area contributed by atoms with Crippen molar-refractivity contribution in [3.8, 4) is 0 Å². The molecule has 2 bridgehead atoms. The maximum Gasteiger partial charge on any atom is 1.00 e. The Labute approximate surface area is 138 Å². The van der Waals surface area contributed by atoms with Gasteiger partial charge >= 0.3 is 58.1 Å². The summed E-state index contributed by atoms with van der Waals surface area (Å²) in [5.74, 6) is 0. The molecule has 3 nitrogen and oxygen atoms in total. The van der Waals surface area contributed by atoms with Gasteiger partial charge in [0.25, 0.3) is 0 Å². The molecule has 0 saturated carbocycles. The average Bonchev–Trinajstić information content (AvgIpc) is 2.32. The number of rotatable bonds is 1. The standard InChI is InChI=1S/C11H14BO3.K/c1-11-7-13-12(14-8-11,15-9-11)10-5-3-2-4-6-10;/h2-6H,7-9H2,1H3;/q-1;+1. The van der Waals surface area contributed by atoms with Gasteiger partial charge in [0.1, 0.15) is 0 Å². The van der Waals surface area contributed by atoms with Gasteiger partial charge in [0, 0.05) is 25.2 Å². The van der Waals surface area contributed by atoms with Crippen molar-refractivity contribution in [3.63, 3.8) is 0 Å². The van der Waals surface area contributed by atoms with Crippen molar-refractivity contribution in [2.24, 2.45) is 5.41 Å². The number of hydrogen-bond donors (Lipinski definition) is 0. The topological polar surface area (TPSA) is 27.7 Å². The van der Waals surface area contributed by atoms with E-state index in [9.17, 15) is 0 Å². The Morgan fingerprint density at radius 3 is 2.00 bits per heavy atom. The SMILES string of the molecule is CC12CO[B-](c3ccccc3)(OC1)OC2.[K+]. The molecule has 0 N–H and O–H groups in total. The van der Waals surface area contributed by atoms with Crippen molar-refractivity contribution < 1.29 is 65.3 Å². The van der Waals surface area contributed by atoms with Crippen LogP contribution in [0.4, 0.5) is 0 Å². The first kappa shape index (κ1) is 13.2. The fraction of sp³-hybridized carbons (Fsp3) is 0.455. The summed E-state index contributed by atoms with van der Waals surface area (Å²) < 4.78 is 17.3. The van der Waals surface area contributed by atoms with E-state index < -0.39 is 6.75 Å². The summed E-state index contributed by atoms with van der Waals surface area (Å²) in [4.78, 5) is 0. The van der Waals surface area contributed by atoms with Gasteiger partial charge in [-0.15, -0.1) is 5.46 Å². The molecule has 0 aromatic heterocycles. The molecule has 3 aliphatic rings. The average molecular weight is 244 g/mol. The van der Waals surface area contributed by atoms with Crippen molar-refractivity contribution in [2.75, 3.05) is 19.8 Å². The fourth-order valence-corrected chi connectivity index (χ4v) is 2.18. The summed E-state index contributed by atoms with van der Waals surface area (Å²) in [6.45, 7) is 2.64. The summed E-state index contributed by atoms with van der Waals surface area (Å²) in [6, 6.07) is 9.92. The number of fused-ring (bicyclic) bond motifs is 3. The van der Waals surface area contributed by atoms with Gasteiger partial charge in [0.05, 0.1) is 0 Å². The maximum atomic E-state index is 5.77. The van der Waals surface area contributed by atoms with Crippen molar-refractivity contribution in [1.82, 2.24) is 0 Å². The normalized spacial score (nSPS) is 36.8. The van der Waals surface area contributed by atoms with Crippen molar-refractivity contribution >= 4 is 12.2 Å². The molecule has 3 heterocycles. The van der Waals surface area contributed by atoms with Crippen LogP contribution in [0.1, 0.15) is 6.92 Å². The molecule has 1 aromatic carbocycles. The van der Waals surface area contributed by atoms with Gasteiger partial charge in [-0.25, -0.2) is 0 Å². The Morgan fingerprint density at radius 2 is 1.50 bits per heavy atom. The Kier molecular flexibility index (Phi) is 3.99. The van der Waals surface area contributed by atoms with Crippen molar-refractivity contribution in [2.45, 2.75) is 6.92 Å². The Bertz CT molecular complexity index is 346. The molecule has 3 aliphatic heterocycles. The predicted octanol–water partition coefficient (Wildman–Crippen LogP) is -2.08. The molecule has 1 aromatic rings. The van der Waals surface area contributed by atoms with E-state index in [0.717, 1.165) is 25.3 Å². The zero-order chi connectivity index (χ0) is 10.4. The second-order valence-corrected chi connectivity index (χ2v) is 4.80. The van der Waals surface area contributed by atoms with E-state index >= 15 is 0 Å². The minimum Gasteiger partial charge on any atom is -0.540 e. The Hall–Kier alpha value is 0.801. The minimum absolute atomic E-state index is 0. The van der Waals surface area contributed by atoms with E-state index in [1.54, 1.807) is 0 Å². The van der Waals surface area contributed by atoms with Crippen LogP contribution in [-0.4, -0.2) is 26.6 Å². The smallest absolute Gasteiger partial charge is 0.540 e. The van der Waals surface area contributed by atoms with Crippen LogP contribution >= 0.6 is 0 Å². The van der Waals surface area contributed by atoms with E-state index in [0.29, 0.717) is 0 Å². The minimum atomic E-state index is -1.65. The summed E-state index contributed by atoms with van der Waals surface area (Å²) in [6.07, 6.45) is 0. The molecule has 0 atom stereocenters. The first-order chi connectivity index (χ1) is 7.23. The molecule has 0 unspecified atom stereocenters. The molecule has 3 saturated heterocycles. The van der Waals surface area contributed by atoms with E-state index in [1.807, 2.05) is 30.3 Å². The summed E-state index contributed by atoms with van der Waals surface area (Å²) in [7, 11) is 0. The van der Waals surface area contributed by atoms with Gasteiger partial charge in [-0.1, -0.05) is 37.3 Å². The van der Waals surface area contributed by atoms with Crippen molar-refractivity contribution in [1.29, 1.82) is 0 Å². The van der Waals surface area contributed by atoms with E-state index in [1.165, 1.54) is 0 Å². The molecule has 80 valence electrons. The monoisotopic (exact) mass is 244 g/mol. The largest absolute Gasteiger partial charge is 1.00 e. The predicted molar refractivity (Wildman–Crippen MR) is 57.8 cm³/mol. The number of hydrogen-bond acceptors (Lipinski definition) is 3. The molecule has 0 spiro atoms. The molecule has 16 heavy (non-hydrogen) atoms. The van der Waals surface area contributed by atoms with Crippen LogP contribution in [-0.2, 0) is 14.0 Å². The van der Waals surface area contributed by atoms with E-state index in [4.69, 9.17) is 14.0 Å². The summed E-state index contributed by atoms with van der Waals surface area (Å²) in [5, 5.41) is 0. The van der Waals surface area contributed by atoms with Gasteiger partial charge < -0.3 is 14.0 Å². The van der Waals surface area contributed by atoms with Crippen molar-refractivity contribution in [3.05, 3.63) is 30.3 Å². The van der Waals surface area contributed by atoms with Gasteiger partial charge in [-0.3, -0.25) is 0 Å². The van der Waals surface area contributed by atoms with E-state index in [2.05, 4.69) is 6.92 Å². The summed E-state index contributed by atoms with van der Waals surface area (Å²) in [5.41, 5.74) is 1.04. The van der Waals surface area contributed by atoms with Gasteiger partial charge in [-0.05, 0) is 0 Å². The van der Waals surface area contributed by atoms with E-state index in [-0.39, 0.29) is 56.8 Å². The second kappa shape index (κ2) is 4.82. The zero-order valence-corrected chi connectivity index (χ0v) is 12.9.